The van der Waals surface area contributed by atoms with E-state index in [0.29, 0.717) is 16.8 Å². The van der Waals surface area contributed by atoms with E-state index in [1.54, 1.807) is 6.92 Å². The summed E-state index contributed by atoms with van der Waals surface area (Å²) in [6.45, 7) is 2.78. The average molecular weight is 348 g/mol. The first-order chi connectivity index (χ1) is 11.7. The van der Waals surface area contributed by atoms with Crippen LogP contribution in [0.5, 0.6) is 0 Å². The van der Waals surface area contributed by atoms with Crippen molar-refractivity contribution in [3.63, 3.8) is 0 Å². The third-order valence-electron chi connectivity index (χ3n) is 3.70. The fraction of sp³-hybridized carbons (Fsp3) is 0.222. The zero-order valence-corrected chi connectivity index (χ0v) is 13.8. The number of aliphatic hydroxyl groups is 1. The second-order valence-electron chi connectivity index (χ2n) is 5.88. The largest absolute Gasteiger partial charge is 0.384 e. The molecular weight excluding hydrogens is 330 g/mol. The fourth-order valence-corrected chi connectivity index (χ4v) is 2.19. The van der Waals surface area contributed by atoms with E-state index in [0.717, 1.165) is 0 Å². The highest BCUT2D eigenvalue weighted by atomic mass is 19.1. The van der Waals surface area contributed by atoms with E-state index >= 15 is 0 Å². The van der Waals surface area contributed by atoms with E-state index in [4.69, 9.17) is 0 Å². The molecule has 0 radical (unpaired) electrons. The Labute approximate surface area is 143 Å². The predicted octanol–water partition coefficient (Wildman–Crippen LogP) is 2.24. The van der Waals surface area contributed by atoms with Gasteiger partial charge in [-0.3, -0.25) is 9.59 Å². The molecule has 2 amide bonds. The number of carbonyl (C=O) groups is 2. The second kappa shape index (κ2) is 7.40. The van der Waals surface area contributed by atoms with Gasteiger partial charge in [0.15, 0.2) is 0 Å². The Hall–Kier alpha value is -2.80. The van der Waals surface area contributed by atoms with Gasteiger partial charge in [-0.25, -0.2) is 8.78 Å². The first-order valence-electron chi connectivity index (χ1n) is 7.53. The van der Waals surface area contributed by atoms with Crippen molar-refractivity contribution in [2.75, 3.05) is 11.9 Å². The van der Waals surface area contributed by atoms with Gasteiger partial charge in [0, 0.05) is 5.69 Å². The Morgan fingerprint density at radius 2 is 1.64 bits per heavy atom. The number of nitrogens with one attached hydrogen (secondary N) is 2. The van der Waals surface area contributed by atoms with Crippen molar-refractivity contribution in [3.05, 3.63) is 65.2 Å². The summed E-state index contributed by atoms with van der Waals surface area (Å²) in [7, 11) is 0. The van der Waals surface area contributed by atoms with Crippen LogP contribution in [-0.4, -0.2) is 23.5 Å². The van der Waals surface area contributed by atoms with Crippen molar-refractivity contribution >= 4 is 17.5 Å². The van der Waals surface area contributed by atoms with Crippen LogP contribution in [0, 0.1) is 18.6 Å². The number of aryl methyl sites for hydroxylation is 1. The molecule has 0 aliphatic heterocycles. The summed E-state index contributed by atoms with van der Waals surface area (Å²) in [5.41, 5.74) is -0.301. The van der Waals surface area contributed by atoms with Crippen LogP contribution in [0.2, 0.25) is 0 Å². The molecule has 0 aliphatic rings. The summed E-state index contributed by atoms with van der Waals surface area (Å²) in [5, 5.41) is 15.1. The lowest BCUT2D eigenvalue weighted by Crippen LogP contribution is -2.43. The Balaban J connectivity index is 1.96. The van der Waals surface area contributed by atoms with E-state index in [1.165, 1.54) is 49.4 Å². The zero-order chi connectivity index (χ0) is 18.6. The van der Waals surface area contributed by atoms with Crippen LogP contribution in [0.15, 0.2) is 42.5 Å². The molecule has 3 N–H and O–H groups in total. The highest BCUT2D eigenvalue weighted by Gasteiger charge is 2.25. The lowest BCUT2D eigenvalue weighted by atomic mass is 9.96. The lowest BCUT2D eigenvalue weighted by molar-refractivity contribution is -0.136. The molecule has 0 heterocycles. The smallest absolute Gasteiger partial charge is 0.313 e. The first-order valence-corrected chi connectivity index (χ1v) is 7.53. The van der Waals surface area contributed by atoms with E-state index < -0.39 is 29.0 Å². The van der Waals surface area contributed by atoms with Crippen molar-refractivity contribution < 1.29 is 23.5 Å². The monoisotopic (exact) mass is 348 g/mol. The van der Waals surface area contributed by atoms with Gasteiger partial charge in [0.25, 0.3) is 0 Å². The summed E-state index contributed by atoms with van der Waals surface area (Å²) < 4.78 is 26.0. The molecule has 25 heavy (non-hydrogen) atoms. The van der Waals surface area contributed by atoms with Gasteiger partial charge < -0.3 is 15.7 Å². The van der Waals surface area contributed by atoms with Gasteiger partial charge in [-0.1, -0.05) is 12.1 Å². The van der Waals surface area contributed by atoms with E-state index in [2.05, 4.69) is 10.6 Å². The van der Waals surface area contributed by atoms with Gasteiger partial charge in [0.1, 0.15) is 17.2 Å². The Bertz CT molecular complexity index is 789. The van der Waals surface area contributed by atoms with E-state index in [9.17, 15) is 23.5 Å². The molecule has 0 fully saturated rings. The lowest BCUT2D eigenvalue weighted by Gasteiger charge is -2.24. The van der Waals surface area contributed by atoms with Gasteiger partial charge in [0.2, 0.25) is 0 Å². The second-order valence-corrected chi connectivity index (χ2v) is 5.88. The molecule has 2 rings (SSSR count). The summed E-state index contributed by atoms with van der Waals surface area (Å²) in [6.07, 6.45) is 0. The molecule has 2 aromatic carbocycles. The van der Waals surface area contributed by atoms with Crippen LogP contribution in [0.4, 0.5) is 14.5 Å². The molecule has 5 nitrogen and oxygen atoms in total. The van der Waals surface area contributed by atoms with Crippen LogP contribution in [0.3, 0.4) is 0 Å². The average Bonchev–Trinajstić information content (AvgIpc) is 2.55. The maximum atomic E-state index is 13.0. The van der Waals surface area contributed by atoms with Crippen LogP contribution in [0.25, 0.3) is 0 Å². The maximum absolute atomic E-state index is 13.0. The van der Waals surface area contributed by atoms with Gasteiger partial charge in [0.05, 0.1) is 6.54 Å². The van der Waals surface area contributed by atoms with E-state index in [1.807, 2.05) is 0 Å². The van der Waals surface area contributed by atoms with Crippen LogP contribution in [0.1, 0.15) is 18.1 Å². The SMILES string of the molecule is Cc1cc(F)ccc1NC(=O)C(=O)NCC(C)(O)c1ccc(F)cc1. The van der Waals surface area contributed by atoms with Crippen LogP contribution >= 0.6 is 0 Å². The summed E-state index contributed by atoms with van der Waals surface area (Å²) >= 11 is 0. The van der Waals surface area contributed by atoms with Gasteiger partial charge in [-0.2, -0.15) is 0 Å². The molecule has 7 heteroatoms. The number of anilines is 1. The molecule has 0 bridgehead atoms. The van der Waals surface area contributed by atoms with Crippen molar-refractivity contribution in [3.8, 4) is 0 Å². The molecule has 0 saturated heterocycles. The number of amides is 2. The first kappa shape index (κ1) is 18.5. The number of carbonyl (C=O) groups excluding carboxylic acids is 2. The standard InChI is InChI=1S/C18H18F2N2O3/c1-11-9-14(20)7-8-15(11)22-17(24)16(23)21-10-18(2,25)12-3-5-13(19)6-4-12/h3-9,25H,10H2,1-2H3,(H,21,23)(H,22,24). The van der Waals surface area contributed by atoms with Crippen molar-refractivity contribution in [1.82, 2.24) is 5.32 Å². The Morgan fingerprint density at radius 1 is 1.04 bits per heavy atom. The molecule has 2 aromatic rings. The summed E-state index contributed by atoms with van der Waals surface area (Å²) in [5.74, 6) is -2.79. The van der Waals surface area contributed by atoms with Gasteiger partial charge >= 0.3 is 11.8 Å². The topological polar surface area (TPSA) is 78.4 Å². The molecule has 0 spiro atoms. The quantitative estimate of drug-likeness (QED) is 0.742. The van der Waals surface area contributed by atoms with Crippen LogP contribution in [-0.2, 0) is 15.2 Å². The van der Waals surface area contributed by atoms with Crippen molar-refractivity contribution in [1.29, 1.82) is 0 Å². The molecule has 132 valence electrons. The molecule has 0 aromatic heterocycles. The zero-order valence-electron chi connectivity index (χ0n) is 13.8. The van der Waals surface area contributed by atoms with Gasteiger partial charge in [-0.05, 0) is 55.3 Å². The van der Waals surface area contributed by atoms with E-state index in [-0.39, 0.29) is 6.54 Å². The Morgan fingerprint density at radius 3 is 2.24 bits per heavy atom. The predicted molar refractivity (Wildman–Crippen MR) is 88.7 cm³/mol. The molecule has 0 saturated carbocycles. The molecular formula is C18H18F2N2O3. The minimum Gasteiger partial charge on any atom is -0.384 e. The number of halogens is 2. The summed E-state index contributed by atoms with van der Waals surface area (Å²) in [4.78, 5) is 23.8. The normalized spacial score (nSPS) is 13.0. The third-order valence-corrected chi connectivity index (χ3v) is 3.70. The van der Waals surface area contributed by atoms with Gasteiger partial charge in [-0.15, -0.1) is 0 Å². The third kappa shape index (κ3) is 4.84. The molecule has 1 unspecified atom stereocenters. The van der Waals surface area contributed by atoms with Crippen molar-refractivity contribution in [2.24, 2.45) is 0 Å². The molecule has 0 aliphatic carbocycles. The Kier molecular flexibility index (Phi) is 5.48. The minimum atomic E-state index is -1.48. The van der Waals surface area contributed by atoms with Crippen LogP contribution < -0.4 is 10.6 Å². The maximum Gasteiger partial charge on any atom is 0.313 e. The minimum absolute atomic E-state index is 0.243. The van der Waals surface area contributed by atoms with Crippen molar-refractivity contribution in [2.45, 2.75) is 19.4 Å². The molecule has 1 atom stereocenters. The highest BCUT2D eigenvalue weighted by molar-refractivity contribution is 6.39. The number of rotatable bonds is 4. The number of hydrogen-bond donors (Lipinski definition) is 3. The number of benzene rings is 2. The number of hydrogen-bond acceptors (Lipinski definition) is 3. The summed E-state index contributed by atoms with van der Waals surface area (Å²) in [6, 6.07) is 8.91. The fourth-order valence-electron chi connectivity index (χ4n) is 2.19. The highest BCUT2D eigenvalue weighted by Crippen LogP contribution is 2.20.